The summed E-state index contributed by atoms with van der Waals surface area (Å²) in [6, 6.07) is 12.5. The second kappa shape index (κ2) is 17.8. The summed E-state index contributed by atoms with van der Waals surface area (Å²) in [7, 11) is 0. The monoisotopic (exact) mass is 423 g/mol. The van der Waals surface area contributed by atoms with Crippen LogP contribution < -0.4 is 4.74 Å². The topological polar surface area (TPSA) is 22.1 Å². The van der Waals surface area contributed by atoms with Crippen molar-refractivity contribution < 1.29 is 4.74 Å². The van der Waals surface area contributed by atoms with E-state index in [2.05, 4.69) is 36.2 Å². The van der Waals surface area contributed by atoms with E-state index in [9.17, 15) is 0 Å². The Morgan fingerprint density at radius 3 is 1.42 bits per heavy atom. The molecule has 2 heteroatoms. The van der Waals surface area contributed by atoms with Gasteiger partial charge in [-0.2, -0.15) is 0 Å². The van der Waals surface area contributed by atoms with Gasteiger partial charge in [-0.3, -0.25) is 4.98 Å². The lowest BCUT2D eigenvalue weighted by Gasteiger charge is -2.07. The van der Waals surface area contributed by atoms with Gasteiger partial charge in [-0.15, -0.1) is 0 Å². The first-order chi connectivity index (χ1) is 15.4. The van der Waals surface area contributed by atoms with Crippen LogP contribution in [-0.2, 0) is 0 Å². The molecule has 1 aromatic heterocycles. The highest BCUT2D eigenvalue weighted by atomic mass is 16.5. The van der Waals surface area contributed by atoms with Crippen molar-refractivity contribution in [3.63, 3.8) is 0 Å². The minimum Gasteiger partial charge on any atom is -0.494 e. The molecule has 2 nitrogen and oxygen atoms in total. The van der Waals surface area contributed by atoms with E-state index in [1.54, 1.807) is 0 Å². The zero-order valence-electron chi connectivity index (χ0n) is 20.0. The van der Waals surface area contributed by atoms with E-state index in [4.69, 9.17) is 4.74 Å². The highest BCUT2D eigenvalue weighted by Crippen LogP contribution is 2.22. The summed E-state index contributed by atoms with van der Waals surface area (Å²) in [5.41, 5.74) is 2.40. The van der Waals surface area contributed by atoms with Gasteiger partial charge in [-0.25, -0.2) is 0 Å². The minimum absolute atomic E-state index is 0.826. The van der Waals surface area contributed by atoms with Gasteiger partial charge in [0.2, 0.25) is 0 Å². The molecule has 0 saturated heterocycles. The smallest absolute Gasteiger partial charge is 0.119 e. The van der Waals surface area contributed by atoms with Crippen molar-refractivity contribution in [3.05, 3.63) is 48.8 Å². The Kier molecular flexibility index (Phi) is 14.6. The summed E-state index contributed by atoms with van der Waals surface area (Å²) in [6.45, 7) is 3.12. The van der Waals surface area contributed by atoms with Gasteiger partial charge in [0.15, 0.2) is 0 Å². The van der Waals surface area contributed by atoms with Gasteiger partial charge in [-0.05, 0) is 41.8 Å². The fourth-order valence-electron chi connectivity index (χ4n) is 4.13. The number of hydrogen-bond acceptors (Lipinski definition) is 2. The van der Waals surface area contributed by atoms with Gasteiger partial charge in [0, 0.05) is 12.4 Å². The van der Waals surface area contributed by atoms with Gasteiger partial charge in [0.05, 0.1) is 6.61 Å². The molecule has 0 bridgehead atoms. The largest absolute Gasteiger partial charge is 0.494 e. The standard InChI is InChI=1S/C29H45NO/c1-2-3-4-5-6-7-8-9-10-11-12-13-14-15-16-17-26-31-29-20-18-27(19-21-29)28-22-24-30-25-23-28/h18-25H,2-17,26H2,1H3. The molecular weight excluding hydrogens is 378 g/mol. The second-order valence-electron chi connectivity index (χ2n) is 8.91. The molecule has 0 amide bonds. The summed E-state index contributed by atoms with van der Waals surface area (Å²) in [5.74, 6) is 0.971. The fourth-order valence-corrected chi connectivity index (χ4v) is 4.13. The van der Waals surface area contributed by atoms with Gasteiger partial charge in [0.25, 0.3) is 0 Å². The van der Waals surface area contributed by atoms with Crippen LogP contribution in [0.1, 0.15) is 110 Å². The molecular formula is C29H45NO. The lowest BCUT2D eigenvalue weighted by molar-refractivity contribution is 0.304. The number of pyridine rings is 1. The van der Waals surface area contributed by atoms with Crippen LogP contribution in [0.4, 0.5) is 0 Å². The summed E-state index contributed by atoms with van der Waals surface area (Å²) < 4.78 is 5.90. The van der Waals surface area contributed by atoms with Crippen molar-refractivity contribution >= 4 is 0 Å². The lowest BCUT2D eigenvalue weighted by atomic mass is 10.0. The molecule has 2 aromatic rings. The molecule has 0 saturated carbocycles. The summed E-state index contributed by atoms with van der Waals surface area (Å²) >= 11 is 0. The van der Waals surface area contributed by atoms with E-state index in [-0.39, 0.29) is 0 Å². The van der Waals surface area contributed by atoms with Crippen molar-refractivity contribution in [1.29, 1.82) is 0 Å². The third kappa shape index (κ3) is 12.6. The maximum atomic E-state index is 5.90. The molecule has 0 fully saturated rings. The normalized spacial score (nSPS) is 11.0. The Morgan fingerprint density at radius 1 is 0.516 bits per heavy atom. The number of hydrogen-bond donors (Lipinski definition) is 0. The lowest BCUT2D eigenvalue weighted by Crippen LogP contribution is -1.97. The predicted octanol–water partition coefficient (Wildman–Crippen LogP) is 9.39. The van der Waals surface area contributed by atoms with E-state index >= 15 is 0 Å². The third-order valence-electron chi connectivity index (χ3n) is 6.13. The van der Waals surface area contributed by atoms with E-state index in [0.717, 1.165) is 18.8 Å². The zero-order valence-corrected chi connectivity index (χ0v) is 20.0. The molecule has 0 spiro atoms. The van der Waals surface area contributed by atoms with Crippen LogP contribution in [0.25, 0.3) is 11.1 Å². The molecule has 0 atom stereocenters. The Hall–Kier alpha value is -1.83. The van der Waals surface area contributed by atoms with E-state index in [1.807, 2.05) is 24.5 Å². The molecule has 0 aliphatic rings. The van der Waals surface area contributed by atoms with Gasteiger partial charge < -0.3 is 4.74 Å². The zero-order chi connectivity index (χ0) is 21.8. The molecule has 2 rings (SSSR count). The van der Waals surface area contributed by atoms with Crippen LogP contribution in [0.2, 0.25) is 0 Å². The van der Waals surface area contributed by atoms with Gasteiger partial charge in [0.1, 0.15) is 5.75 Å². The van der Waals surface area contributed by atoms with Crippen LogP contribution in [0.15, 0.2) is 48.8 Å². The van der Waals surface area contributed by atoms with Crippen LogP contribution in [-0.4, -0.2) is 11.6 Å². The summed E-state index contributed by atoms with van der Waals surface area (Å²) in [5, 5.41) is 0. The molecule has 172 valence electrons. The number of benzene rings is 1. The van der Waals surface area contributed by atoms with Crippen molar-refractivity contribution in [2.24, 2.45) is 0 Å². The number of aromatic nitrogens is 1. The molecule has 0 aliphatic heterocycles. The van der Waals surface area contributed by atoms with E-state index in [1.165, 1.54) is 107 Å². The second-order valence-corrected chi connectivity index (χ2v) is 8.91. The van der Waals surface area contributed by atoms with Crippen LogP contribution >= 0.6 is 0 Å². The van der Waals surface area contributed by atoms with Crippen LogP contribution in [0, 0.1) is 0 Å². The van der Waals surface area contributed by atoms with Crippen molar-refractivity contribution in [2.75, 3.05) is 6.61 Å². The maximum absolute atomic E-state index is 5.90. The Morgan fingerprint density at radius 2 is 0.935 bits per heavy atom. The van der Waals surface area contributed by atoms with Crippen molar-refractivity contribution in [2.45, 2.75) is 110 Å². The average molecular weight is 424 g/mol. The molecule has 0 radical (unpaired) electrons. The third-order valence-corrected chi connectivity index (χ3v) is 6.13. The highest BCUT2D eigenvalue weighted by Gasteiger charge is 1.99. The van der Waals surface area contributed by atoms with E-state index < -0.39 is 0 Å². The first-order valence-electron chi connectivity index (χ1n) is 13.0. The van der Waals surface area contributed by atoms with Crippen LogP contribution in [0.3, 0.4) is 0 Å². The fraction of sp³-hybridized carbons (Fsp3) is 0.621. The number of nitrogens with zero attached hydrogens (tertiary/aromatic N) is 1. The van der Waals surface area contributed by atoms with Crippen molar-refractivity contribution in [1.82, 2.24) is 4.98 Å². The quantitative estimate of drug-likeness (QED) is 0.210. The highest BCUT2D eigenvalue weighted by molar-refractivity contribution is 5.63. The SMILES string of the molecule is CCCCCCCCCCCCCCCCCCOc1ccc(-c2ccncc2)cc1. The Balaban J connectivity index is 1.35. The first kappa shape index (κ1) is 25.4. The maximum Gasteiger partial charge on any atom is 0.119 e. The average Bonchev–Trinajstić information content (AvgIpc) is 2.82. The molecule has 1 aromatic carbocycles. The number of unbranched alkanes of at least 4 members (excludes halogenated alkanes) is 15. The molecule has 0 aliphatic carbocycles. The van der Waals surface area contributed by atoms with Crippen molar-refractivity contribution in [3.8, 4) is 16.9 Å². The summed E-state index contributed by atoms with van der Waals surface area (Å²) in [6.07, 6.45) is 26.1. The minimum atomic E-state index is 0.826. The molecule has 31 heavy (non-hydrogen) atoms. The van der Waals surface area contributed by atoms with Gasteiger partial charge in [-0.1, -0.05) is 115 Å². The Labute approximate surface area is 191 Å². The number of rotatable bonds is 19. The Bertz CT molecular complexity index is 638. The molecule has 0 unspecified atom stereocenters. The predicted molar refractivity (Wildman–Crippen MR) is 135 cm³/mol. The first-order valence-corrected chi connectivity index (χ1v) is 13.0. The van der Waals surface area contributed by atoms with Crippen LogP contribution in [0.5, 0.6) is 5.75 Å². The van der Waals surface area contributed by atoms with E-state index in [0.29, 0.717) is 0 Å². The molecule has 0 N–H and O–H groups in total. The molecule has 1 heterocycles. The summed E-state index contributed by atoms with van der Waals surface area (Å²) in [4.78, 5) is 4.07. The number of ether oxygens (including phenoxy) is 1. The van der Waals surface area contributed by atoms with Gasteiger partial charge >= 0.3 is 0 Å².